The first-order valence-electron chi connectivity index (χ1n) is 5.43. The van der Waals surface area contributed by atoms with Gasteiger partial charge in [0.2, 0.25) is 6.04 Å². The largest absolute Gasteiger partial charge is 0.469 e. The third-order valence-corrected chi connectivity index (χ3v) is 2.40. The molecular weight excluding hydrogens is 214 g/mol. The van der Waals surface area contributed by atoms with Gasteiger partial charge >= 0.3 is 5.97 Å². The molecule has 16 heavy (non-hydrogen) atoms. The number of aliphatic hydroxyl groups is 1. The summed E-state index contributed by atoms with van der Waals surface area (Å²) in [7, 11) is 1.27. The molecule has 0 amide bonds. The van der Waals surface area contributed by atoms with E-state index in [0.29, 0.717) is 19.3 Å². The summed E-state index contributed by atoms with van der Waals surface area (Å²) in [4.78, 5) is 21.2. The van der Waals surface area contributed by atoms with Crippen molar-refractivity contribution in [2.45, 2.75) is 44.6 Å². The highest BCUT2D eigenvalue weighted by molar-refractivity contribution is 5.69. The standard InChI is InChI=1S/C10H19NO5/c1-16-10(13)7-6-9(11(14)15)5-3-2-4-8-12/h9,12H,2-8H2,1H3. The number of hydrogen-bond acceptors (Lipinski definition) is 5. The highest BCUT2D eigenvalue weighted by atomic mass is 16.6. The van der Waals surface area contributed by atoms with E-state index in [1.165, 1.54) is 7.11 Å². The van der Waals surface area contributed by atoms with Gasteiger partial charge in [-0.1, -0.05) is 6.42 Å². The zero-order chi connectivity index (χ0) is 12.4. The number of hydrogen-bond donors (Lipinski definition) is 1. The zero-order valence-corrected chi connectivity index (χ0v) is 9.55. The molecule has 6 heteroatoms. The van der Waals surface area contributed by atoms with Gasteiger partial charge < -0.3 is 9.84 Å². The quantitative estimate of drug-likeness (QED) is 0.279. The topological polar surface area (TPSA) is 89.7 Å². The Morgan fingerprint density at radius 1 is 1.38 bits per heavy atom. The highest BCUT2D eigenvalue weighted by Gasteiger charge is 2.20. The summed E-state index contributed by atoms with van der Waals surface area (Å²) in [6.07, 6.45) is 2.90. The average Bonchev–Trinajstić information content (AvgIpc) is 2.27. The first-order chi connectivity index (χ1) is 7.61. The van der Waals surface area contributed by atoms with Gasteiger partial charge in [0.05, 0.1) is 13.5 Å². The van der Waals surface area contributed by atoms with Crippen LogP contribution in [0.15, 0.2) is 0 Å². The van der Waals surface area contributed by atoms with E-state index in [4.69, 9.17) is 5.11 Å². The Balaban J connectivity index is 3.80. The predicted molar refractivity (Wildman–Crippen MR) is 57.6 cm³/mol. The van der Waals surface area contributed by atoms with Gasteiger partial charge in [-0.15, -0.1) is 0 Å². The molecule has 0 saturated heterocycles. The van der Waals surface area contributed by atoms with Crippen molar-refractivity contribution in [2.75, 3.05) is 13.7 Å². The summed E-state index contributed by atoms with van der Waals surface area (Å²) in [5, 5.41) is 19.2. The lowest BCUT2D eigenvalue weighted by Crippen LogP contribution is -2.21. The van der Waals surface area contributed by atoms with Crippen LogP contribution in [0, 0.1) is 10.1 Å². The molecule has 0 aliphatic carbocycles. The lowest BCUT2D eigenvalue weighted by Gasteiger charge is -2.08. The van der Waals surface area contributed by atoms with Crippen LogP contribution in [-0.2, 0) is 9.53 Å². The molecule has 1 atom stereocenters. The monoisotopic (exact) mass is 233 g/mol. The van der Waals surface area contributed by atoms with Crippen LogP contribution < -0.4 is 0 Å². The Bertz CT molecular complexity index is 219. The van der Waals surface area contributed by atoms with Crippen molar-refractivity contribution in [3.8, 4) is 0 Å². The molecule has 0 spiro atoms. The van der Waals surface area contributed by atoms with Gasteiger partial charge in [0.25, 0.3) is 0 Å². The van der Waals surface area contributed by atoms with Gasteiger partial charge in [-0.05, 0) is 12.8 Å². The maximum atomic E-state index is 10.8. The molecule has 0 bridgehead atoms. The lowest BCUT2D eigenvalue weighted by molar-refractivity contribution is -0.524. The molecule has 1 unspecified atom stereocenters. The Hall–Kier alpha value is -1.17. The average molecular weight is 233 g/mol. The highest BCUT2D eigenvalue weighted by Crippen LogP contribution is 2.11. The first-order valence-corrected chi connectivity index (χ1v) is 5.43. The van der Waals surface area contributed by atoms with Gasteiger partial charge in [0.15, 0.2) is 0 Å². The van der Waals surface area contributed by atoms with Crippen molar-refractivity contribution >= 4 is 5.97 Å². The summed E-state index contributed by atoms with van der Waals surface area (Å²) >= 11 is 0. The number of aliphatic hydroxyl groups excluding tert-OH is 1. The number of esters is 1. The van der Waals surface area contributed by atoms with Crippen molar-refractivity contribution in [1.82, 2.24) is 0 Å². The lowest BCUT2D eigenvalue weighted by atomic mass is 10.0. The van der Waals surface area contributed by atoms with Gasteiger partial charge in [-0.25, -0.2) is 0 Å². The second-order valence-corrected chi connectivity index (χ2v) is 3.63. The Morgan fingerprint density at radius 3 is 2.56 bits per heavy atom. The molecule has 0 aliphatic heterocycles. The van der Waals surface area contributed by atoms with Crippen LogP contribution in [0.1, 0.15) is 38.5 Å². The van der Waals surface area contributed by atoms with Crippen LogP contribution in [0.3, 0.4) is 0 Å². The van der Waals surface area contributed by atoms with Gasteiger partial charge in [-0.2, -0.15) is 0 Å². The minimum absolute atomic E-state index is 0.0855. The van der Waals surface area contributed by atoms with Gasteiger partial charge in [-0.3, -0.25) is 14.9 Å². The number of rotatable bonds is 9. The second kappa shape index (κ2) is 9.08. The molecule has 0 aromatic rings. The minimum atomic E-state index is -0.683. The number of ether oxygens (including phenoxy) is 1. The molecule has 0 aromatic heterocycles. The van der Waals surface area contributed by atoms with E-state index < -0.39 is 12.0 Å². The molecule has 0 saturated carbocycles. The molecule has 0 aromatic carbocycles. The second-order valence-electron chi connectivity index (χ2n) is 3.63. The van der Waals surface area contributed by atoms with E-state index in [9.17, 15) is 14.9 Å². The van der Waals surface area contributed by atoms with E-state index in [1.807, 2.05) is 0 Å². The fraction of sp³-hybridized carbons (Fsp3) is 0.900. The van der Waals surface area contributed by atoms with Crippen molar-refractivity contribution < 1.29 is 19.6 Å². The summed E-state index contributed by atoms with van der Waals surface area (Å²) < 4.78 is 4.43. The predicted octanol–water partition coefficient (Wildman–Crippen LogP) is 1.14. The molecule has 94 valence electrons. The third-order valence-electron chi connectivity index (χ3n) is 2.40. The zero-order valence-electron chi connectivity index (χ0n) is 9.55. The number of nitrogens with zero attached hydrogens (tertiary/aromatic N) is 1. The summed E-state index contributed by atoms with van der Waals surface area (Å²) in [6, 6.07) is -0.683. The van der Waals surface area contributed by atoms with Crippen LogP contribution in [0.4, 0.5) is 0 Å². The van der Waals surface area contributed by atoms with Crippen molar-refractivity contribution in [3.05, 3.63) is 10.1 Å². The van der Waals surface area contributed by atoms with Crippen LogP contribution in [0.2, 0.25) is 0 Å². The normalized spacial score (nSPS) is 12.1. The summed E-state index contributed by atoms with van der Waals surface area (Å²) in [6.45, 7) is 0.116. The molecule has 0 radical (unpaired) electrons. The smallest absolute Gasteiger partial charge is 0.305 e. The number of unbranched alkanes of at least 4 members (excludes halogenated alkanes) is 2. The van der Waals surface area contributed by atoms with Gasteiger partial charge in [0, 0.05) is 24.4 Å². The third kappa shape index (κ3) is 7.17. The van der Waals surface area contributed by atoms with E-state index in [1.54, 1.807) is 0 Å². The molecule has 0 fully saturated rings. The fourth-order valence-electron chi connectivity index (χ4n) is 1.41. The van der Waals surface area contributed by atoms with E-state index in [2.05, 4.69) is 4.74 Å². The fourth-order valence-corrected chi connectivity index (χ4v) is 1.41. The van der Waals surface area contributed by atoms with Crippen LogP contribution in [0.5, 0.6) is 0 Å². The van der Waals surface area contributed by atoms with Crippen LogP contribution in [-0.4, -0.2) is 35.8 Å². The summed E-state index contributed by atoms with van der Waals surface area (Å²) in [5.74, 6) is -0.415. The molecule has 0 aliphatic rings. The molecule has 0 rings (SSSR count). The minimum Gasteiger partial charge on any atom is -0.469 e. The number of methoxy groups -OCH3 is 1. The number of nitro groups is 1. The summed E-state index contributed by atoms with van der Waals surface area (Å²) in [5.41, 5.74) is 0. The number of carbonyl (C=O) groups is 1. The maximum Gasteiger partial charge on any atom is 0.305 e. The molecule has 0 heterocycles. The Labute approximate surface area is 94.7 Å². The molecular formula is C10H19NO5. The first kappa shape index (κ1) is 14.8. The van der Waals surface area contributed by atoms with E-state index in [-0.39, 0.29) is 24.4 Å². The number of carbonyl (C=O) groups excluding carboxylic acids is 1. The molecule has 1 N–H and O–H groups in total. The maximum absolute atomic E-state index is 10.8. The van der Waals surface area contributed by atoms with Crippen molar-refractivity contribution in [3.63, 3.8) is 0 Å². The Morgan fingerprint density at radius 2 is 2.06 bits per heavy atom. The van der Waals surface area contributed by atoms with Crippen LogP contribution in [0.25, 0.3) is 0 Å². The van der Waals surface area contributed by atoms with Crippen molar-refractivity contribution in [2.24, 2.45) is 0 Å². The Kier molecular flexibility index (Phi) is 8.42. The van der Waals surface area contributed by atoms with Crippen molar-refractivity contribution in [1.29, 1.82) is 0 Å². The van der Waals surface area contributed by atoms with Gasteiger partial charge in [0.1, 0.15) is 0 Å². The van der Waals surface area contributed by atoms with E-state index in [0.717, 1.165) is 6.42 Å². The SMILES string of the molecule is COC(=O)CCC(CCCCCO)[N+](=O)[O-]. The van der Waals surface area contributed by atoms with E-state index >= 15 is 0 Å². The molecule has 6 nitrogen and oxygen atoms in total. The van der Waals surface area contributed by atoms with Crippen LogP contribution >= 0.6 is 0 Å².